The summed E-state index contributed by atoms with van der Waals surface area (Å²) in [4.78, 5) is 9.91. The molecule has 0 unspecified atom stereocenters. The lowest BCUT2D eigenvalue weighted by Gasteiger charge is -2.14. The van der Waals surface area contributed by atoms with Gasteiger partial charge in [0.05, 0.1) is 56.7 Å². The number of hydrogen-bond acceptors (Lipinski definition) is 4. The van der Waals surface area contributed by atoms with Gasteiger partial charge in [-0.25, -0.2) is 9.97 Å². The number of benzene rings is 8. The lowest BCUT2D eigenvalue weighted by Crippen LogP contribution is -1.99. The zero-order valence-corrected chi connectivity index (χ0v) is 32.2. The fraction of sp³-hybridized carbons (Fsp3) is 0. The van der Waals surface area contributed by atoms with E-state index in [-0.39, 0.29) is 0 Å². The summed E-state index contributed by atoms with van der Waals surface area (Å²) in [5, 5.41) is 26.0. The second-order valence-corrected chi connectivity index (χ2v) is 14.8. The Labute approximate surface area is 345 Å². The monoisotopic (exact) mass is 764 g/mol. The van der Waals surface area contributed by atoms with Crippen LogP contribution >= 0.6 is 0 Å². The van der Waals surface area contributed by atoms with Crippen molar-refractivity contribution in [3.8, 4) is 68.5 Å². The van der Waals surface area contributed by atoms with E-state index in [9.17, 15) is 10.5 Å². The zero-order chi connectivity index (χ0) is 40.2. The Morgan fingerprint density at radius 2 is 0.783 bits per heavy atom. The quantitative estimate of drug-likeness (QED) is 0.169. The first-order chi connectivity index (χ1) is 29.7. The van der Waals surface area contributed by atoms with Crippen LogP contribution in [0.1, 0.15) is 11.1 Å². The second-order valence-electron chi connectivity index (χ2n) is 14.8. The van der Waals surface area contributed by atoms with Gasteiger partial charge in [0.1, 0.15) is 0 Å². The lowest BCUT2D eigenvalue weighted by molar-refractivity contribution is 1.16. The molecule has 6 nitrogen and oxygen atoms in total. The van der Waals surface area contributed by atoms with Gasteiger partial charge in [0.2, 0.25) is 0 Å². The smallest absolute Gasteiger partial charge is 0.160 e. The number of para-hydroxylation sites is 3. The highest BCUT2D eigenvalue weighted by atomic mass is 15.0. The summed E-state index contributed by atoms with van der Waals surface area (Å²) in [6.45, 7) is 0. The normalized spacial score (nSPS) is 11.3. The van der Waals surface area contributed by atoms with E-state index in [4.69, 9.17) is 9.97 Å². The summed E-state index contributed by atoms with van der Waals surface area (Å²) < 4.78 is 4.49. The lowest BCUT2D eigenvalue weighted by atomic mass is 9.93. The summed E-state index contributed by atoms with van der Waals surface area (Å²) in [6, 6.07) is 70.6. The number of hydrogen-bond donors (Lipinski definition) is 0. The van der Waals surface area contributed by atoms with Gasteiger partial charge in [0, 0.05) is 55.2 Å². The van der Waals surface area contributed by atoms with Crippen molar-refractivity contribution in [2.75, 3.05) is 0 Å². The largest absolute Gasteiger partial charge is 0.309 e. The van der Waals surface area contributed by atoms with Crippen LogP contribution in [0.2, 0.25) is 0 Å². The number of rotatable bonds is 6. The Hall–Kier alpha value is -8.58. The molecule has 278 valence electrons. The number of nitrogens with zero attached hydrogens (tertiary/aromatic N) is 6. The van der Waals surface area contributed by atoms with Gasteiger partial charge in [-0.1, -0.05) is 140 Å². The molecule has 60 heavy (non-hydrogen) atoms. The van der Waals surface area contributed by atoms with Gasteiger partial charge in [-0.3, -0.25) is 0 Å². The van der Waals surface area contributed by atoms with Gasteiger partial charge in [-0.15, -0.1) is 0 Å². The number of fused-ring (bicyclic) bond motifs is 6. The highest BCUT2D eigenvalue weighted by Crippen LogP contribution is 2.39. The van der Waals surface area contributed by atoms with E-state index in [0.717, 1.165) is 77.9 Å². The molecule has 0 saturated carbocycles. The SMILES string of the molecule is N#Cc1cc(-n2c3ccccc3c3cc(-n4c5ccccc5c5ccccc54)ccc32)cc(C#N)c1-c1ccc(-c2cc(-c3ccccc3)nc(-c3ccccc3)n2)cc1. The van der Waals surface area contributed by atoms with Crippen molar-refractivity contribution < 1.29 is 0 Å². The van der Waals surface area contributed by atoms with Gasteiger partial charge < -0.3 is 9.13 Å². The molecule has 0 aliphatic carbocycles. The van der Waals surface area contributed by atoms with Crippen molar-refractivity contribution in [2.45, 2.75) is 0 Å². The van der Waals surface area contributed by atoms with Crippen LogP contribution in [0.25, 0.3) is 100 Å². The fourth-order valence-corrected chi connectivity index (χ4v) is 8.70. The molecule has 0 saturated heterocycles. The van der Waals surface area contributed by atoms with Crippen molar-refractivity contribution >= 4 is 43.6 Å². The van der Waals surface area contributed by atoms with E-state index in [1.54, 1.807) is 0 Å². The first kappa shape index (κ1) is 34.7. The van der Waals surface area contributed by atoms with Crippen LogP contribution in [0, 0.1) is 22.7 Å². The van der Waals surface area contributed by atoms with E-state index in [1.807, 2.05) is 109 Å². The molecule has 6 heteroatoms. The molecular weight excluding hydrogens is 733 g/mol. The molecule has 0 bridgehead atoms. The third-order valence-corrected chi connectivity index (χ3v) is 11.4. The molecule has 11 aromatic rings. The molecule has 0 radical (unpaired) electrons. The maximum atomic E-state index is 10.7. The Kier molecular flexibility index (Phi) is 8.15. The van der Waals surface area contributed by atoms with Crippen molar-refractivity contribution in [1.82, 2.24) is 19.1 Å². The van der Waals surface area contributed by atoms with Crippen LogP contribution in [-0.2, 0) is 0 Å². The van der Waals surface area contributed by atoms with E-state index < -0.39 is 0 Å². The summed E-state index contributed by atoms with van der Waals surface area (Å²) in [6.07, 6.45) is 0. The van der Waals surface area contributed by atoms with Crippen molar-refractivity contribution in [2.24, 2.45) is 0 Å². The Balaban J connectivity index is 1.02. The van der Waals surface area contributed by atoms with Crippen molar-refractivity contribution in [1.29, 1.82) is 10.5 Å². The van der Waals surface area contributed by atoms with Crippen LogP contribution in [-0.4, -0.2) is 19.1 Å². The maximum Gasteiger partial charge on any atom is 0.160 e. The highest BCUT2D eigenvalue weighted by Gasteiger charge is 2.20. The van der Waals surface area contributed by atoms with Gasteiger partial charge in [0.25, 0.3) is 0 Å². The average molecular weight is 765 g/mol. The first-order valence-electron chi connectivity index (χ1n) is 19.8. The minimum absolute atomic E-state index is 0.421. The molecule has 3 aromatic heterocycles. The minimum atomic E-state index is 0.421. The van der Waals surface area contributed by atoms with E-state index in [1.165, 1.54) is 10.8 Å². The predicted molar refractivity (Wildman–Crippen MR) is 242 cm³/mol. The standard InChI is InChI=1S/C54H32N6/c55-33-39-29-42(60-51-22-12-9-19-45(51)46-31-41(27-28-52(46)60)59-49-20-10-7-17-43(49)44-18-8-11-21-50(44)59)30-40(34-56)53(39)37-25-23-36(24-26-37)48-32-47(35-13-3-1-4-14-35)57-54(58-48)38-15-5-2-6-16-38/h1-32H. The molecule has 0 N–H and O–H groups in total. The molecule has 0 spiro atoms. The molecule has 0 aliphatic heterocycles. The molecular formula is C54H32N6. The fourth-order valence-electron chi connectivity index (χ4n) is 8.70. The second kappa shape index (κ2) is 14.1. The molecule has 0 amide bonds. The van der Waals surface area contributed by atoms with Crippen LogP contribution in [0.15, 0.2) is 194 Å². The number of nitriles is 2. The van der Waals surface area contributed by atoms with E-state index in [2.05, 4.69) is 106 Å². The average Bonchev–Trinajstić information content (AvgIpc) is 3.84. The summed E-state index contributed by atoms with van der Waals surface area (Å²) in [7, 11) is 0. The summed E-state index contributed by atoms with van der Waals surface area (Å²) >= 11 is 0. The van der Waals surface area contributed by atoms with E-state index in [0.29, 0.717) is 22.5 Å². The zero-order valence-electron chi connectivity index (χ0n) is 32.2. The van der Waals surface area contributed by atoms with Crippen LogP contribution in [0.5, 0.6) is 0 Å². The Bertz CT molecular complexity index is 3400. The summed E-state index contributed by atoms with van der Waals surface area (Å²) in [5.74, 6) is 0.637. The molecule has 0 fully saturated rings. The molecule has 8 aromatic carbocycles. The van der Waals surface area contributed by atoms with Crippen molar-refractivity contribution in [3.05, 3.63) is 205 Å². The van der Waals surface area contributed by atoms with Gasteiger partial charge in [0.15, 0.2) is 5.82 Å². The first-order valence-corrected chi connectivity index (χ1v) is 19.8. The maximum absolute atomic E-state index is 10.7. The molecule has 11 rings (SSSR count). The van der Waals surface area contributed by atoms with Gasteiger partial charge in [-0.2, -0.15) is 10.5 Å². The summed E-state index contributed by atoms with van der Waals surface area (Å²) in [5.41, 5.74) is 12.7. The predicted octanol–water partition coefficient (Wildman–Crippen LogP) is 13.1. The third-order valence-electron chi connectivity index (χ3n) is 11.4. The topological polar surface area (TPSA) is 83.2 Å². The van der Waals surface area contributed by atoms with E-state index >= 15 is 0 Å². The Morgan fingerprint density at radius 1 is 0.350 bits per heavy atom. The van der Waals surface area contributed by atoms with Crippen molar-refractivity contribution in [3.63, 3.8) is 0 Å². The molecule has 0 aliphatic rings. The van der Waals surface area contributed by atoms with Crippen LogP contribution < -0.4 is 0 Å². The minimum Gasteiger partial charge on any atom is -0.309 e. The number of aromatic nitrogens is 4. The van der Waals surface area contributed by atoms with Gasteiger partial charge >= 0.3 is 0 Å². The highest BCUT2D eigenvalue weighted by molar-refractivity contribution is 6.12. The third kappa shape index (κ3) is 5.63. The van der Waals surface area contributed by atoms with Crippen LogP contribution in [0.4, 0.5) is 0 Å². The Morgan fingerprint density at radius 3 is 1.33 bits per heavy atom. The molecule has 3 heterocycles. The molecule has 0 atom stereocenters. The van der Waals surface area contributed by atoms with Crippen LogP contribution in [0.3, 0.4) is 0 Å². The van der Waals surface area contributed by atoms with Gasteiger partial charge in [-0.05, 0) is 60.2 Å².